The van der Waals surface area contributed by atoms with Crippen molar-refractivity contribution >= 4 is 23.6 Å². The Morgan fingerprint density at radius 1 is 1.13 bits per heavy atom. The molecule has 0 aliphatic rings. The van der Waals surface area contributed by atoms with Crippen LogP contribution in [0.15, 0.2) is 48.5 Å². The Kier molecular flexibility index (Phi) is 6.06. The summed E-state index contributed by atoms with van der Waals surface area (Å²) in [5.41, 5.74) is 1.75. The molecular weight excluding hydrogens is 314 g/mol. The molecule has 1 amide bonds. The largest absolute Gasteiger partial charge is 0.497 e. The van der Waals surface area contributed by atoms with Gasteiger partial charge in [0, 0.05) is 23.2 Å². The highest BCUT2D eigenvalue weighted by Crippen LogP contribution is 2.24. The van der Waals surface area contributed by atoms with E-state index < -0.39 is 0 Å². The molecule has 0 spiro atoms. The number of halogens is 1. The lowest BCUT2D eigenvalue weighted by Crippen LogP contribution is -2.20. The summed E-state index contributed by atoms with van der Waals surface area (Å²) in [7, 11) is 3.17. The predicted molar refractivity (Wildman–Crippen MR) is 91.9 cm³/mol. The van der Waals surface area contributed by atoms with Gasteiger partial charge in [0.05, 0.1) is 14.2 Å². The van der Waals surface area contributed by atoms with Crippen molar-refractivity contribution in [3.63, 3.8) is 0 Å². The van der Waals surface area contributed by atoms with Crippen molar-refractivity contribution in [2.24, 2.45) is 0 Å². The molecule has 0 fully saturated rings. The fourth-order valence-corrected chi connectivity index (χ4v) is 2.11. The summed E-state index contributed by atoms with van der Waals surface area (Å²) < 4.78 is 10.4. The van der Waals surface area contributed by atoms with Crippen LogP contribution < -0.4 is 14.8 Å². The van der Waals surface area contributed by atoms with E-state index in [0.29, 0.717) is 23.1 Å². The van der Waals surface area contributed by atoms with Crippen LogP contribution in [-0.2, 0) is 11.3 Å². The zero-order chi connectivity index (χ0) is 16.7. The highest BCUT2D eigenvalue weighted by Gasteiger charge is 2.03. The van der Waals surface area contributed by atoms with E-state index in [1.807, 2.05) is 18.2 Å². The third-order valence-corrected chi connectivity index (χ3v) is 3.48. The van der Waals surface area contributed by atoms with Crippen molar-refractivity contribution in [1.29, 1.82) is 0 Å². The van der Waals surface area contributed by atoms with E-state index in [2.05, 4.69) is 5.32 Å². The number of carbonyl (C=O) groups excluding carboxylic acids is 1. The summed E-state index contributed by atoms with van der Waals surface area (Å²) >= 11 is 5.82. The minimum Gasteiger partial charge on any atom is -0.497 e. The molecule has 0 radical (unpaired) electrons. The van der Waals surface area contributed by atoms with Gasteiger partial charge in [-0.05, 0) is 42.0 Å². The zero-order valence-corrected chi connectivity index (χ0v) is 13.8. The first kappa shape index (κ1) is 16.9. The number of ether oxygens (including phenoxy) is 2. The van der Waals surface area contributed by atoms with Gasteiger partial charge in [-0.1, -0.05) is 23.7 Å². The predicted octanol–water partition coefficient (Wildman–Crippen LogP) is 3.69. The number of benzene rings is 2. The average Bonchev–Trinajstić information content (AvgIpc) is 2.59. The molecule has 0 aromatic heterocycles. The molecule has 2 aromatic carbocycles. The van der Waals surface area contributed by atoms with E-state index in [1.165, 1.54) is 6.08 Å². The van der Waals surface area contributed by atoms with Crippen LogP contribution in [0.2, 0.25) is 5.02 Å². The van der Waals surface area contributed by atoms with Crippen LogP contribution in [0.3, 0.4) is 0 Å². The molecule has 120 valence electrons. The van der Waals surface area contributed by atoms with E-state index in [9.17, 15) is 4.79 Å². The van der Waals surface area contributed by atoms with Crippen molar-refractivity contribution in [2.75, 3.05) is 14.2 Å². The fraction of sp³-hybridized carbons (Fsp3) is 0.167. The minimum absolute atomic E-state index is 0.190. The Balaban J connectivity index is 1.99. The maximum absolute atomic E-state index is 11.9. The van der Waals surface area contributed by atoms with E-state index in [1.54, 1.807) is 44.6 Å². The van der Waals surface area contributed by atoms with Gasteiger partial charge in [0.2, 0.25) is 5.91 Å². The second-order valence-electron chi connectivity index (χ2n) is 4.79. The Hall–Kier alpha value is -2.46. The van der Waals surface area contributed by atoms with Gasteiger partial charge in [-0.3, -0.25) is 4.79 Å². The Labute approximate surface area is 140 Å². The van der Waals surface area contributed by atoms with E-state index in [4.69, 9.17) is 21.1 Å². The number of nitrogens with one attached hydrogen (secondary N) is 1. The van der Waals surface area contributed by atoms with Crippen LogP contribution in [0.5, 0.6) is 11.5 Å². The summed E-state index contributed by atoms with van der Waals surface area (Å²) in [5.74, 6) is 1.18. The van der Waals surface area contributed by atoms with Crippen LogP contribution in [0.1, 0.15) is 11.1 Å². The highest BCUT2D eigenvalue weighted by molar-refractivity contribution is 6.30. The molecule has 0 saturated heterocycles. The molecular formula is C18H18ClNO3. The molecule has 0 unspecified atom stereocenters. The Morgan fingerprint density at radius 3 is 2.52 bits per heavy atom. The molecule has 5 heteroatoms. The highest BCUT2D eigenvalue weighted by atomic mass is 35.5. The fourth-order valence-electron chi connectivity index (χ4n) is 1.99. The van der Waals surface area contributed by atoms with Crippen molar-refractivity contribution < 1.29 is 14.3 Å². The summed E-state index contributed by atoms with van der Waals surface area (Å²) in [4.78, 5) is 11.9. The smallest absolute Gasteiger partial charge is 0.244 e. The molecule has 2 rings (SSSR count). The topological polar surface area (TPSA) is 47.6 Å². The number of hydrogen-bond donors (Lipinski definition) is 1. The lowest BCUT2D eigenvalue weighted by molar-refractivity contribution is -0.116. The molecule has 0 atom stereocenters. The van der Waals surface area contributed by atoms with Gasteiger partial charge in [0.25, 0.3) is 0 Å². The lowest BCUT2D eigenvalue weighted by Gasteiger charge is -2.07. The van der Waals surface area contributed by atoms with Gasteiger partial charge >= 0.3 is 0 Å². The quantitative estimate of drug-likeness (QED) is 0.821. The normalized spacial score (nSPS) is 10.6. The summed E-state index contributed by atoms with van der Waals surface area (Å²) in [6.45, 7) is 0.440. The number of methoxy groups -OCH3 is 2. The zero-order valence-electron chi connectivity index (χ0n) is 13.0. The van der Waals surface area contributed by atoms with Crippen LogP contribution in [0.4, 0.5) is 0 Å². The molecule has 23 heavy (non-hydrogen) atoms. The number of carbonyl (C=O) groups is 1. The standard InChI is InChI=1S/C18H18ClNO3/c1-22-16-8-9-17(23-2)14(11-16)5-10-18(21)20-12-13-3-6-15(19)7-4-13/h3-11H,12H2,1-2H3,(H,20,21)/b10-5+. The first-order valence-corrected chi connectivity index (χ1v) is 7.42. The summed E-state index contributed by atoms with van der Waals surface area (Å²) in [6, 6.07) is 12.7. The Bertz CT molecular complexity index is 696. The molecule has 0 bridgehead atoms. The van der Waals surface area contributed by atoms with Gasteiger partial charge in [-0.15, -0.1) is 0 Å². The van der Waals surface area contributed by atoms with Crippen LogP contribution in [-0.4, -0.2) is 20.1 Å². The van der Waals surface area contributed by atoms with Crippen molar-refractivity contribution in [3.05, 3.63) is 64.7 Å². The molecule has 0 heterocycles. The SMILES string of the molecule is COc1ccc(OC)c(/C=C/C(=O)NCc2ccc(Cl)cc2)c1. The van der Waals surface area contributed by atoms with Crippen LogP contribution in [0.25, 0.3) is 6.08 Å². The van der Waals surface area contributed by atoms with Gasteiger partial charge in [-0.25, -0.2) is 0 Å². The van der Waals surface area contributed by atoms with Gasteiger partial charge in [0.1, 0.15) is 11.5 Å². The lowest BCUT2D eigenvalue weighted by atomic mass is 10.1. The minimum atomic E-state index is -0.190. The number of amides is 1. The third kappa shape index (κ3) is 5.04. The molecule has 0 aliphatic heterocycles. The van der Waals surface area contributed by atoms with Crippen molar-refractivity contribution in [3.8, 4) is 11.5 Å². The second kappa shape index (κ2) is 8.25. The molecule has 0 aliphatic carbocycles. The van der Waals surface area contributed by atoms with Gasteiger partial charge < -0.3 is 14.8 Å². The van der Waals surface area contributed by atoms with Crippen molar-refractivity contribution in [2.45, 2.75) is 6.54 Å². The number of rotatable bonds is 6. The molecule has 1 N–H and O–H groups in total. The van der Waals surface area contributed by atoms with E-state index in [0.717, 1.165) is 11.1 Å². The second-order valence-corrected chi connectivity index (χ2v) is 5.22. The molecule has 2 aromatic rings. The first-order valence-electron chi connectivity index (χ1n) is 7.05. The van der Waals surface area contributed by atoms with Gasteiger partial charge in [-0.2, -0.15) is 0 Å². The maximum atomic E-state index is 11.9. The summed E-state index contributed by atoms with van der Waals surface area (Å²) in [5, 5.41) is 3.49. The monoisotopic (exact) mass is 331 g/mol. The van der Waals surface area contributed by atoms with Gasteiger partial charge in [0.15, 0.2) is 0 Å². The van der Waals surface area contributed by atoms with E-state index in [-0.39, 0.29) is 5.91 Å². The Morgan fingerprint density at radius 2 is 1.87 bits per heavy atom. The number of hydrogen-bond acceptors (Lipinski definition) is 3. The summed E-state index contributed by atoms with van der Waals surface area (Å²) in [6.07, 6.45) is 3.16. The third-order valence-electron chi connectivity index (χ3n) is 3.23. The average molecular weight is 332 g/mol. The maximum Gasteiger partial charge on any atom is 0.244 e. The first-order chi connectivity index (χ1) is 11.1. The van der Waals surface area contributed by atoms with Crippen molar-refractivity contribution in [1.82, 2.24) is 5.32 Å². The van der Waals surface area contributed by atoms with Crippen LogP contribution >= 0.6 is 11.6 Å². The van der Waals surface area contributed by atoms with E-state index >= 15 is 0 Å². The molecule has 0 saturated carbocycles. The van der Waals surface area contributed by atoms with Crippen LogP contribution in [0, 0.1) is 0 Å². The molecule has 4 nitrogen and oxygen atoms in total.